The molecule has 7 heteroatoms. The Morgan fingerprint density at radius 1 is 1.37 bits per heavy atom. The molecule has 0 aliphatic heterocycles. The second kappa shape index (κ2) is 6.48. The molecular formula is C12H12F2N2O3. The predicted octanol–water partition coefficient (Wildman–Crippen LogP) is 2.12. The summed E-state index contributed by atoms with van der Waals surface area (Å²) in [6.07, 6.45) is 1.30. The average Bonchev–Trinajstić information content (AvgIpc) is 2.33. The first-order valence-electron chi connectivity index (χ1n) is 5.31. The van der Waals surface area contributed by atoms with Crippen LogP contribution in [-0.2, 0) is 4.79 Å². The molecule has 1 atom stereocenters. The lowest BCUT2D eigenvalue weighted by molar-refractivity contribution is -0.139. The maximum absolute atomic E-state index is 13.2. The number of carbonyl (C=O) groups is 2. The van der Waals surface area contributed by atoms with Gasteiger partial charge < -0.3 is 15.7 Å². The van der Waals surface area contributed by atoms with Crippen molar-refractivity contribution in [1.29, 1.82) is 0 Å². The van der Waals surface area contributed by atoms with Crippen molar-refractivity contribution < 1.29 is 23.5 Å². The van der Waals surface area contributed by atoms with Crippen molar-refractivity contribution in [3.63, 3.8) is 0 Å². The highest BCUT2D eigenvalue weighted by Crippen LogP contribution is 2.17. The van der Waals surface area contributed by atoms with Crippen molar-refractivity contribution in [2.75, 3.05) is 5.32 Å². The van der Waals surface area contributed by atoms with Crippen LogP contribution in [0.25, 0.3) is 0 Å². The number of nitrogens with one attached hydrogen (secondary N) is 2. The standard InChI is InChI=1S/C12H12F2N2O3/c1-2-4-9(11(17)18)15-12(19)16-10-7(13)5-3-6-8(10)14/h2-3,5-6,9H,1,4H2,(H,17,18)(H2,15,16,19). The monoisotopic (exact) mass is 270 g/mol. The summed E-state index contributed by atoms with van der Waals surface area (Å²) in [5, 5.41) is 12.8. The molecule has 1 aromatic carbocycles. The van der Waals surface area contributed by atoms with Crippen LogP contribution in [0.4, 0.5) is 19.3 Å². The molecular weight excluding hydrogens is 258 g/mol. The van der Waals surface area contributed by atoms with E-state index < -0.39 is 35.4 Å². The van der Waals surface area contributed by atoms with E-state index in [1.54, 1.807) is 0 Å². The quantitative estimate of drug-likeness (QED) is 0.717. The molecule has 0 fully saturated rings. The van der Waals surface area contributed by atoms with Crippen LogP contribution in [0.2, 0.25) is 0 Å². The molecule has 5 nitrogen and oxygen atoms in total. The van der Waals surface area contributed by atoms with Gasteiger partial charge in [0, 0.05) is 0 Å². The zero-order chi connectivity index (χ0) is 14.4. The number of urea groups is 1. The molecule has 0 aliphatic carbocycles. The molecule has 0 aliphatic rings. The number of para-hydroxylation sites is 1. The predicted molar refractivity (Wildman–Crippen MR) is 64.8 cm³/mol. The zero-order valence-electron chi connectivity index (χ0n) is 9.82. The van der Waals surface area contributed by atoms with E-state index in [1.807, 2.05) is 5.32 Å². The summed E-state index contributed by atoms with van der Waals surface area (Å²) >= 11 is 0. The Labute approximate surface area is 107 Å². The van der Waals surface area contributed by atoms with Crippen LogP contribution in [0, 0.1) is 11.6 Å². The molecule has 0 aromatic heterocycles. The molecule has 102 valence electrons. The van der Waals surface area contributed by atoms with Crippen LogP contribution in [0.5, 0.6) is 0 Å². The van der Waals surface area contributed by atoms with Crippen LogP contribution in [0.15, 0.2) is 30.9 Å². The SMILES string of the molecule is C=CCC(NC(=O)Nc1c(F)cccc1F)C(=O)O. The Hall–Kier alpha value is -2.44. The van der Waals surface area contributed by atoms with Gasteiger partial charge in [-0.25, -0.2) is 18.4 Å². The minimum atomic E-state index is -1.27. The van der Waals surface area contributed by atoms with E-state index in [4.69, 9.17) is 5.11 Å². The molecule has 0 heterocycles. The third-order valence-electron chi connectivity index (χ3n) is 2.21. The van der Waals surface area contributed by atoms with Gasteiger partial charge in [0.15, 0.2) is 0 Å². The highest BCUT2D eigenvalue weighted by molar-refractivity contribution is 5.92. The number of anilines is 1. The Balaban J connectivity index is 2.74. The first kappa shape index (κ1) is 14.6. The number of amides is 2. The topological polar surface area (TPSA) is 78.4 Å². The Kier molecular flexibility index (Phi) is 4.99. The second-order valence-corrected chi connectivity index (χ2v) is 3.61. The molecule has 0 spiro atoms. The molecule has 2 amide bonds. The summed E-state index contributed by atoms with van der Waals surface area (Å²) in [6, 6.07) is 0.852. The Bertz CT molecular complexity index is 485. The van der Waals surface area contributed by atoms with Crippen molar-refractivity contribution in [2.45, 2.75) is 12.5 Å². The van der Waals surface area contributed by atoms with E-state index in [0.717, 1.165) is 18.2 Å². The van der Waals surface area contributed by atoms with Crippen molar-refractivity contribution in [2.24, 2.45) is 0 Å². The fraction of sp³-hybridized carbons (Fsp3) is 0.167. The molecule has 3 N–H and O–H groups in total. The maximum Gasteiger partial charge on any atom is 0.326 e. The van der Waals surface area contributed by atoms with Gasteiger partial charge in [-0.2, -0.15) is 0 Å². The number of carboxylic acid groups (broad SMARTS) is 1. The van der Waals surface area contributed by atoms with Crippen molar-refractivity contribution in [3.8, 4) is 0 Å². The largest absolute Gasteiger partial charge is 0.480 e. The van der Waals surface area contributed by atoms with Crippen molar-refractivity contribution in [1.82, 2.24) is 5.32 Å². The molecule has 1 unspecified atom stereocenters. The number of hydrogen-bond acceptors (Lipinski definition) is 2. The highest BCUT2D eigenvalue weighted by Gasteiger charge is 2.19. The van der Waals surface area contributed by atoms with E-state index in [0.29, 0.717) is 0 Å². The van der Waals surface area contributed by atoms with Crippen molar-refractivity contribution >= 4 is 17.7 Å². The molecule has 19 heavy (non-hydrogen) atoms. The van der Waals surface area contributed by atoms with Crippen LogP contribution in [0.3, 0.4) is 0 Å². The summed E-state index contributed by atoms with van der Waals surface area (Å²) in [5.41, 5.74) is -0.636. The van der Waals surface area contributed by atoms with Gasteiger partial charge in [0.25, 0.3) is 0 Å². The molecule has 0 saturated carbocycles. The number of benzene rings is 1. The lowest BCUT2D eigenvalue weighted by atomic mass is 10.2. The molecule has 1 rings (SSSR count). The van der Waals surface area contributed by atoms with E-state index in [-0.39, 0.29) is 6.42 Å². The van der Waals surface area contributed by atoms with Gasteiger partial charge >= 0.3 is 12.0 Å². The van der Waals surface area contributed by atoms with Gasteiger partial charge in [0.2, 0.25) is 0 Å². The highest BCUT2D eigenvalue weighted by atomic mass is 19.1. The van der Waals surface area contributed by atoms with Gasteiger partial charge in [-0.15, -0.1) is 6.58 Å². The van der Waals surface area contributed by atoms with Gasteiger partial charge in [-0.3, -0.25) is 0 Å². The van der Waals surface area contributed by atoms with E-state index in [1.165, 1.54) is 6.08 Å². The second-order valence-electron chi connectivity index (χ2n) is 3.61. The summed E-state index contributed by atoms with van der Waals surface area (Å²) in [6.45, 7) is 3.35. The lowest BCUT2D eigenvalue weighted by Crippen LogP contribution is -2.42. The van der Waals surface area contributed by atoms with Gasteiger partial charge in [0.1, 0.15) is 23.4 Å². The van der Waals surface area contributed by atoms with Crippen LogP contribution < -0.4 is 10.6 Å². The van der Waals surface area contributed by atoms with Crippen LogP contribution >= 0.6 is 0 Å². The van der Waals surface area contributed by atoms with E-state index in [2.05, 4.69) is 11.9 Å². The maximum atomic E-state index is 13.2. The minimum Gasteiger partial charge on any atom is -0.480 e. The summed E-state index contributed by atoms with van der Waals surface area (Å²) in [7, 11) is 0. The number of hydrogen-bond donors (Lipinski definition) is 3. The Morgan fingerprint density at radius 2 is 1.95 bits per heavy atom. The molecule has 1 aromatic rings. The first-order valence-corrected chi connectivity index (χ1v) is 5.31. The molecule has 0 saturated heterocycles. The third-order valence-corrected chi connectivity index (χ3v) is 2.21. The van der Waals surface area contributed by atoms with Gasteiger partial charge in [-0.05, 0) is 18.6 Å². The first-order chi connectivity index (χ1) is 8.95. The number of carboxylic acids is 1. The Morgan fingerprint density at radius 3 is 2.42 bits per heavy atom. The smallest absolute Gasteiger partial charge is 0.326 e. The average molecular weight is 270 g/mol. The molecule has 0 radical (unpaired) electrons. The van der Waals surface area contributed by atoms with Crippen LogP contribution in [0.1, 0.15) is 6.42 Å². The van der Waals surface area contributed by atoms with Crippen molar-refractivity contribution in [3.05, 3.63) is 42.5 Å². The summed E-state index contributed by atoms with van der Waals surface area (Å²) < 4.78 is 26.5. The molecule has 0 bridgehead atoms. The van der Waals surface area contributed by atoms with Crippen LogP contribution in [-0.4, -0.2) is 23.1 Å². The summed E-state index contributed by atoms with van der Waals surface area (Å²) in [4.78, 5) is 22.2. The zero-order valence-corrected chi connectivity index (χ0v) is 9.82. The third kappa shape index (κ3) is 4.06. The fourth-order valence-electron chi connectivity index (χ4n) is 1.31. The van der Waals surface area contributed by atoms with E-state index in [9.17, 15) is 18.4 Å². The number of aliphatic carboxylic acids is 1. The summed E-state index contributed by atoms with van der Waals surface area (Å²) in [5.74, 6) is -3.18. The number of rotatable bonds is 5. The fourth-order valence-corrected chi connectivity index (χ4v) is 1.31. The minimum absolute atomic E-state index is 0.0114. The van der Waals surface area contributed by atoms with Gasteiger partial charge in [0.05, 0.1) is 0 Å². The lowest BCUT2D eigenvalue weighted by Gasteiger charge is -2.14. The van der Waals surface area contributed by atoms with E-state index >= 15 is 0 Å². The number of carbonyl (C=O) groups excluding carboxylic acids is 1. The normalized spacial score (nSPS) is 11.5. The van der Waals surface area contributed by atoms with Gasteiger partial charge in [-0.1, -0.05) is 12.1 Å². The number of halogens is 2.